The van der Waals surface area contributed by atoms with Crippen molar-refractivity contribution < 1.29 is 9.90 Å². The number of fused-ring (bicyclic) bond motifs is 1. The second-order valence-corrected chi connectivity index (χ2v) is 5.91. The molecule has 0 saturated carbocycles. The van der Waals surface area contributed by atoms with Crippen LogP contribution in [0.25, 0.3) is 11.0 Å². The van der Waals surface area contributed by atoms with Gasteiger partial charge in [-0.05, 0) is 37.0 Å². The standard InChI is InChI=1S/C15H17ClN4O2/c16-11-1-2-12-13(7-11)17-9-14(19-12)20-5-3-10(4-6-20)8-18-15(21)22/h1-2,7,9-10,18H,3-6,8H2,(H,21,22). The Hall–Kier alpha value is -2.08. The first kappa shape index (κ1) is 14.8. The average molecular weight is 321 g/mol. The number of amides is 1. The van der Waals surface area contributed by atoms with Crippen molar-refractivity contribution in [3.05, 3.63) is 29.4 Å². The summed E-state index contributed by atoms with van der Waals surface area (Å²) in [6.45, 7) is 2.24. The van der Waals surface area contributed by atoms with Crippen LogP contribution in [0.1, 0.15) is 12.8 Å². The fourth-order valence-electron chi connectivity index (χ4n) is 2.72. The van der Waals surface area contributed by atoms with E-state index in [4.69, 9.17) is 16.7 Å². The summed E-state index contributed by atoms with van der Waals surface area (Å²) in [6.07, 6.45) is 2.71. The lowest BCUT2D eigenvalue weighted by Crippen LogP contribution is -2.38. The first-order chi connectivity index (χ1) is 10.6. The lowest BCUT2D eigenvalue weighted by atomic mass is 9.97. The van der Waals surface area contributed by atoms with Crippen molar-refractivity contribution in [2.75, 3.05) is 24.5 Å². The summed E-state index contributed by atoms with van der Waals surface area (Å²) in [6, 6.07) is 5.49. The molecule has 1 saturated heterocycles. The van der Waals surface area contributed by atoms with Gasteiger partial charge in [-0.3, -0.25) is 4.98 Å². The molecule has 1 amide bonds. The number of benzene rings is 1. The Kier molecular flexibility index (Phi) is 4.29. The number of halogens is 1. The van der Waals surface area contributed by atoms with Crippen LogP contribution in [0.3, 0.4) is 0 Å². The molecule has 1 aliphatic heterocycles. The van der Waals surface area contributed by atoms with Gasteiger partial charge in [0.05, 0.1) is 17.2 Å². The van der Waals surface area contributed by atoms with Crippen molar-refractivity contribution in [1.29, 1.82) is 0 Å². The van der Waals surface area contributed by atoms with Crippen molar-refractivity contribution >= 4 is 34.5 Å². The number of carbonyl (C=O) groups is 1. The van der Waals surface area contributed by atoms with Gasteiger partial charge in [0.2, 0.25) is 0 Å². The first-order valence-electron chi connectivity index (χ1n) is 7.26. The van der Waals surface area contributed by atoms with Crippen LogP contribution in [-0.2, 0) is 0 Å². The number of hydrogen-bond donors (Lipinski definition) is 2. The van der Waals surface area contributed by atoms with Crippen molar-refractivity contribution in [1.82, 2.24) is 15.3 Å². The summed E-state index contributed by atoms with van der Waals surface area (Å²) in [5.41, 5.74) is 1.62. The maximum atomic E-state index is 10.5. The summed E-state index contributed by atoms with van der Waals surface area (Å²) in [5, 5.41) is 11.8. The molecule has 7 heteroatoms. The molecular formula is C15H17ClN4O2. The number of nitrogens with zero attached hydrogens (tertiary/aromatic N) is 3. The smallest absolute Gasteiger partial charge is 0.404 e. The van der Waals surface area contributed by atoms with Gasteiger partial charge in [-0.2, -0.15) is 0 Å². The van der Waals surface area contributed by atoms with E-state index in [1.165, 1.54) is 0 Å². The number of carboxylic acid groups (broad SMARTS) is 1. The van der Waals surface area contributed by atoms with E-state index in [9.17, 15) is 4.79 Å². The minimum absolute atomic E-state index is 0.388. The highest BCUT2D eigenvalue weighted by molar-refractivity contribution is 6.31. The van der Waals surface area contributed by atoms with Crippen molar-refractivity contribution in [2.45, 2.75) is 12.8 Å². The molecule has 0 radical (unpaired) electrons. The van der Waals surface area contributed by atoms with Crippen LogP contribution in [-0.4, -0.2) is 40.8 Å². The largest absolute Gasteiger partial charge is 0.465 e. The van der Waals surface area contributed by atoms with Crippen LogP contribution < -0.4 is 10.2 Å². The summed E-state index contributed by atoms with van der Waals surface area (Å²) in [7, 11) is 0. The maximum Gasteiger partial charge on any atom is 0.404 e. The molecule has 2 heterocycles. The van der Waals surface area contributed by atoms with Gasteiger partial charge < -0.3 is 15.3 Å². The zero-order chi connectivity index (χ0) is 15.5. The Bertz CT molecular complexity index is 686. The second kappa shape index (κ2) is 6.36. The topological polar surface area (TPSA) is 78.4 Å². The van der Waals surface area contributed by atoms with Gasteiger partial charge in [-0.1, -0.05) is 11.6 Å². The molecule has 1 fully saturated rings. The van der Waals surface area contributed by atoms with E-state index in [0.717, 1.165) is 42.8 Å². The predicted octanol–water partition coefficient (Wildman–Crippen LogP) is 2.77. The van der Waals surface area contributed by atoms with Gasteiger partial charge in [-0.25, -0.2) is 9.78 Å². The molecule has 0 unspecified atom stereocenters. The Labute approximate surface area is 133 Å². The SMILES string of the molecule is O=C(O)NCC1CCN(c2cnc3cc(Cl)ccc3n2)CC1. The molecule has 0 atom stereocenters. The highest BCUT2D eigenvalue weighted by atomic mass is 35.5. The number of piperidine rings is 1. The molecule has 6 nitrogen and oxygen atoms in total. The number of nitrogens with one attached hydrogen (secondary N) is 1. The minimum atomic E-state index is -0.957. The summed E-state index contributed by atoms with van der Waals surface area (Å²) >= 11 is 5.95. The zero-order valence-electron chi connectivity index (χ0n) is 12.0. The van der Waals surface area contributed by atoms with Gasteiger partial charge >= 0.3 is 6.09 Å². The zero-order valence-corrected chi connectivity index (χ0v) is 12.8. The van der Waals surface area contributed by atoms with Crippen molar-refractivity contribution in [2.24, 2.45) is 5.92 Å². The van der Waals surface area contributed by atoms with Crippen LogP contribution in [0, 0.1) is 5.92 Å². The molecule has 0 bridgehead atoms. The first-order valence-corrected chi connectivity index (χ1v) is 7.63. The lowest BCUT2D eigenvalue weighted by Gasteiger charge is -2.32. The van der Waals surface area contributed by atoms with E-state index < -0.39 is 6.09 Å². The third-order valence-corrected chi connectivity index (χ3v) is 4.21. The minimum Gasteiger partial charge on any atom is -0.465 e. The number of aromatic nitrogens is 2. The normalized spacial score (nSPS) is 16.0. The summed E-state index contributed by atoms with van der Waals surface area (Å²) in [4.78, 5) is 21.8. The van der Waals surface area contributed by atoms with Crippen LogP contribution in [0.4, 0.5) is 10.6 Å². The Balaban J connectivity index is 1.66. The molecule has 2 N–H and O–H groups in total. The maximum absolute atomic E-state index is 10.5. The molecule has 0 aliphatic carbocycles. The molecule has 116 valence electrons. The van der Waals surface area contributed by atoms with E-state index in [2.05, 4.69) is 20.2 Å². The van der Waals surface area contributed by atoms with Gasteiger partial charge in [-0.15, -0.1) is 0 Å². The van der Waals surface area contributed by atoms with Crippen LogP contribution in [0.2, 0.25) is 5.02 Å². The second-order valence-electron chi connectivity index (χ2n) is 5.48. The van der Waals surface area contributed by atoms with E-state index in [-0.39, 0.29) is 0 Å². The highest BCUT2D eigenvalue weighted by Gasteiger charge is 2.21. The lowest BCUT2D eigenvalue weighted by molar-refractivity contribution is 0.191. The number of rotatable bonds is 3. The predicted molar refractivity (Wildman–Crippen MR) is 85.5 cm³/mol. The molecule has 1 aliphatic rings. The quantitative estimate of drug-likeness (QED) is 0.909. The number of anilines is 1. The van der Waals surface area contributed by atoms with E-state index in [0.29, 0.717) is 17.5 Å². The molecule has 2 aromatic rings. The Morgan fingerprint density at radius 1 is 1.36 bits per heavy atom. The van der Waals surface area contributed by atoms with Crippen molar-refractivity contribution in [3.8, 4) is 0 Å². The third kappa shape index (κ3) is 3.39. The van der Waals surface area contributed by atoms with Gasteiger partial charge in [0.1, 0.15) is 5.82 Å². The monoisotopic (exact) mass is 320 g/mol. The third-order valence-electron chi connectivity index (χ3n) is 3.97. The molecule has 1 aromatic carbocycles. The summed E-state index contributed by atoms with van der Waals surface area (Å²) in [5.74, 6) is 1.25. The number of hydrogen-bond acceptors (Lipinski definition) is 4. The fraction of sp³-hybridized carbons (Fsp3) is 0.400. The Morgan fingerprint density at radius 3 is 2.86 bits per heavy atom. The van der Waals surface area contributed by atoms with E-state index >= 15 is 0 Å². The molecule has 3 rings (SSSR count). The van der Waals surface area contributed by atoms with Crippen molar-refractivity contribution in [3.63, 3.8) is 0 Å². The Morgan fingerprint density at radius 2 is 2.14 bits per heavy atom. The van der Waals surface area contributed by atoms with E-state index in [1.54, 1.807) is 12.3 Å². The average Bonchev–Trinajstić information content (AvgIpc) is 2.53. The summed E-state index contributed by atoms with van der Waals surface area (Å²) < 4.78 is 0. The van der Waals surface area contributed by atoms with Crippen LogP contribution in [0.5, 0.6) is 0 Å². The van der Waals surface area contributed by atoms with Crippen LogP contribution >= 0.6 is 11.6 Å². The van der Waals surface area contributed by atoms with E-state index in [1.807, 2.05) is 12.1 Å². The molecule has 0 spiro atoms. The van der Waals surface area contributed by atoms with Gasteiger partial charge in [0.15, 0.2) is 0 Å². The highest BCUT2D eigenvalue weighted by Crippen LogP contribution is 2.23. The molecule has 1 aromatic heterocycles. The fourth-order valence-corrected chi connectivity index (χ4v) is 2.89. The van der Waals surface area contributed by atoms with Gasteiger partial charge in [0.25, 0.3) is 0 Å². The van der Waals surface area contributed by atoms with Crippen LogP contribution in [0.15, 0.2) is 24.4 Å². The van der Waals surface area contributed by atoms with Gasteiger partial charge in [0, 0.05) is 24.7 Å². The molecule has 22 heavy (non-hydrogen) atoms. The molecular weight excluding hydrogens is 304 g/mol.